The van der Waals surface area contributed by atoms with Crippen molar-refractivity contribution in [2.45, 2.75) is 18.6 Å². The van der Waals surface area contributed by atoms with E-state index in [9.17, 15) is 28.8 Å². The molecule has 0 saturated carbocycles. The van der Waals surface area contributed by atoms with E-state index < -0.39 is 54.6 Å². The highest BCUT2D eigenvalue weighted by molar-refractivity contribution is 6.43. The molecule has 3 aromatic rings. The number of carbonyl (C=O) groups is 6. The molecular formula is C29H24N4O7. The number of hydrogen-bond acceptors (Lipinski definition) is 7. The number of carboxylic acid groups (broad SMARTS) is 1. The lowest BCUT2D eigenvalue weighted by Crippen LogP contribution is -2.52. The number of ketones is 1. The lowest BCUT2D eigenvalue weighted by atomic mass is 10.0. The zero-order valence-electron chi connectivity index (χ0n) is 21.0. The third kappa shape index (κ3) is 6.33. The maximum absolute atomic E-state index is 13.8. The zero-order valence-corrected chi connectivity index (χ0v) is 21.0. The predicted molar refractivity (Wildman–Crippen MR) is 144 cm³/mol. The Kier molecular flexibility index (Phi) is 8.55. The molecule has 3 N–H and O–H groups in total. The van der Waals surface area contributed by atoms with Crippen molar-refractivity contribution in [2.24, 2.45) is 4.99 Å². The molecule has 0 radical (unpaired) electrons. The van der Waals surface area contributed by atoms with Gasteiger partial charge >= 0.3 is 5.97 Å². The Morgan fingerprint density at radius 3 is 2.20 bits per heavy atom. The Morgan fingerprint density at radius 1 is 0.925 bits per heavy atom. The van der Waals surface area contributed by atoms with Crippen molar-refractivity contribution in [1.29, 1.82) is 0 Å². The number of carbonyl (C=O) groups excluding carboxylic acids is 5. The molecule has 2 atom stereocenters. The second kappa shape index (κ2) is 12.4. The number of nitrogens with zero attached hydrogens (tertiary/aromatic N) is 2. The fourth-order valence-electron chi connectivity index (χ4n) is 4.14. The summed E-state index contributed by atoms with van der Waals surface area (Å²) in [4.78, 5) is 80.3. The number of para-hydroxylation sites is 1. The number of amides is 3. The first-order valence-corrected chi connectivity index (χ1v) is 12.2. The Balaban J connectivity index is 1.72. The molecule has 0 aliphatic carbocycles. The van der Waals surface area contributed by atoms with Gasteiger partial charge in [-0.05, 0) is 6.07 Å². The molecule has 40 heavy (non-hydrogen) atoms. The summed E-state index contributed by atoms with van der Waals surface area (Å²) in [5.41, 5.74) is 1.83. The second-order valence-corrected chi connectivity index (χ2v) is 8.76. The number of hydrogen-bond donors (Lipinski definition) is 3. The molecule has 202 valence electrons. The van der Waals surface area contributed by atoms with Crippen LogP contribution >= 0.6 is 0 Å². The summed E-state index contributed by atoms with van der Waals surface area (Å²) in [6, 6.07) is 22.0. The van der Waals surface area contributed by atoms with Crippen LogP contribution in [0.3, 0.4) is 0 Å². The summed E-state index contributed by atoms with van der Waals surface area (Å²) in [7, 11) is 0. The molecule has 0 spiro atoms. The molecule has 1 heterocycles. The Hall–Kier alpha value is -5.45. The fourth-order valence-corrected chi connectivity index (χ4v) is 4.14. The number of benzene rings is 3. The smallest absolute Gasteiger partial charge is 0.305 e. The summed E-state index contributed by atoms with van der Waals surface area (Å²) < 4.78 is 0. The van der Waals surface area contributed by atoms with E-state index in [1.807, 2.05) is 0 Å². The van der Waals surface area contributed by atoms with E-state index >= 15 is 0 Å². The van der Waals surface area contributed by atoms with Gasteiger partial charge in [-0.3, -0.25) is 28.9 Å². The molecule has 11 nitrogen and oxygen atoms in total. The third-order valence-corrected chi connectivity index (χ3v) is 5.97. The van der Waals surface area contributed by atoms with Crippen molar-refractivity contribution in [3.05, 3.63) is 102 Å². The van der Waals surface area contributed by atoms with Gasteiger partial charge in [-0.1, -0.05) is 78.9 Å². The lowest BCUT2D eigenvalue weighted by molar-refractivity contribution is -0.138. The van der Waals surface area contributed by atoms with Gasteiger partial charge in [-0.15, -0.1) is 0 Å². The molecule has 0 fully saturated rings. The number of aldehydes is 1. The van der Waals surface area contributed by atoms with Crippen LogP contribution in [0, 0.1) is 0 Å². The summed E-state index contributed by atoms with van der Waals surface area (Å²) in [6.07, 6.45) is -1.93. The highest BCUT2D eigenvalue weighted by Crippen LogP contribution is 2.28. The summed E-state index contributed by atoms with van der Waals surface area (Å²) >= 11 is 0. The van der Waals surface area contributed by atoms with Crippen LogP contribution in [0.1, 0.15) is 27.9 Å². The van der Waals surface area contributed by atoms with Gasteiger partial charge in [-0.25, -0.2) is 4.99 Å². The molecule has 3 aromatic carbocycles. The molecule has 0 bridgehead atoms. The summed E-state index contributed by atoms with van der Waals surface area (Å²) in [5, 5.41) is 13.7. The fraction of sp³-hybridized carbons (Fsp3) is 0.138. The standard InChI is InChI=1S/C29H24N4O7/c34-17-20(15-24(36)37)30-23(35)16-33-22-14-8-7-13-21(22)25(18-9-3-1-4-10-18)31-27(29(33)40)32-28(39)26(38)19-11-5-2-6-12-19/h1-14,17,20,27H,15-16H2,(H,30,35)(H,32,39)(H,36,37). The van der Waals surface area contributed by atoms with Gasteiger partial charge in [0, 0.05) is 16.7 Å². The highest BCUT2D eigenvalue weighted by Gasteiger charge is 2.35. The maximum Gasteiger partial charge on any atom is 0.305 e. The first kappa shape index (κ1) is 27.6. The minimum absolute atomic E-state index is 0.117. The summed E-state index contributed by atoms with van der Waals surface area (Å²) in [6.45, 7) is -0.615. The number of benzodiazepines with no additional fused rings is 1. The maximum atomic E-state index is 13.8. The van der Waals surface area contributed by atoms with E-state index in [0.29, 0.717) is 23.1 Å². The van der Waals surface area contributed by atoms with Crippen LogP contribution in [0.15, 0.2) is 89.9 Å². The molecular weight excluding hydrogens is 516 g/mol. The number of aliphatic carboxylic acids is 1. The summed E-state index contributed by atoms with van der Waals surface area (Å²) in [5.74, 6) is -4.86. The molecule has 3 amide bonds. The van der Waals surface area contributed by atoms with E-state index in [1.165, 1.54) is 12.1 Å². The van der Waals surface area contributed by atoms with Crippen molar-refractivity contribution < 1.29 is 33.9 Å². The van der Waals surface area contributed by atoms with Gasteiger partial charge < -0.3 is 20.5 Å². The van der Waals surface area contributed by atoms with Crippen LogP contribution in [0.25, 0.3) is 0 Å². The van der Waals surface area contributed by atoms with Gasteiger partial charge in [0.15, 0.2) is 0 Å². The number of anilines is 1. The van der Waals surface area contributed by atoms with E-state index in [1.54, 1.807) is 72.8 Å². The van der Waals surface area contributed by atoms with Gasteiger partial charge in [-0.2, -0.15) is 0 Å². The monoisotopic (exact) mass is 540 g/mol. The van der Waals surface area contributed by atoms with E-state index in [2.05, 4.69) is 15.6 Å². The van der Waals surface area contributed by atoms with Gasteiger partial charge in [0.05, 0.1) is 23.9 Å². The van der Waals surface area contributed by atoms with Gasteiger partial charge in [0.2, 0.25) is 17.9 Å². The van der Waals surface area contributed by atoms with Crippen LogP contribution in [0.5, 0.6) is 0 Å². The van der Waals surface area contributed by atoms with Crippen molar-refractivity contribution in [2.75, 3.05) is 11.4 Å². The molecule has 2 unspecified atom stereocenters. The second-order valence-electron chi connectivity index (χ2n) is 8.76. The van der Waals surface area contributed by atoms with Crippen molar-refractivity contribution in [3.8, 4) is 0 Å². The SMILES string of the molecule is O=CC(CC(=O)O)NC(=O)CN1C(=O)C(NC(=O)C(=O)c2ccccc2)N=C(c2ccccc2)c2ccccc21. The van der Waals surface area contributed by atoms with Crippen molar-refractivity contribution in [1.82, 2.24) is 10.6 Å². The predicted octanol–water partition coefficient (Wildman–Crippen LogP) is 1.35. The highest BCUT2D eigenvalue weighted by atomic mass is 16.4. The minimum atomic E-state index is -1.59. The van der Waals surface area contributed by atoms with E-state index in [0.717, 1.165) is 4.90 Å². The van der Waals surface area contributed by atoms with Crippen molar-refractivity contribution >= 4 is 47.2 Å². The zero-order chi connectivity index (χ0) is 28.6. The Bertz CT molecular complexity index is 1490. The molecule has 1 aliphatic rings. The van der Waals surface area contributed by atoms with Gasteiger partial charge in [0.1, 0.15) is 12.8 Å². The Morgan fingerprint density at radius 2 is 1.55 bits per heavy atom. The molecule has 11 heteroatoms. The normalized spacial score (nSPS) is 15.1. The average molecular weight is 541 g/mol. The van der Waals surface area contributed by atoms with Crippen LogP contribution in [-0.2, 0) is 24.0 Å². The number of Topliss-reactive ketones (excluding diaryl/α,β-unsaturated/α-hetero) is 1. The van der Waals surface area contributed by atoms with E-state index in [-0.39, 0.29) is 11.3 Å². The largest absolute Gasteiger partial charge is 0.481 e. The topological polar surface area (TPSA) is 162 Å². The Labute approximate surface area is 228 Å². The van der Waals surface area contributed by atoms with Crippen LogP contribution < -0.4 is 15.5 Å². The molecule has 0 aromatic heterocycles. The molecule has 1 aliphatic heterocycles. The first-order valence-electron chi connectivity index (χ1n) is 12.2. The quantitative estimate of drug-likeness (QED) is 0.199. The minimum Gasteiger partial charge on any atom is -0.481 e. The van der Waals surface area contributed by atoms with Crippen LogP contribution in [0.2, 0.25) is 0 Å². The average Bonchev–Trinajstić information content (AvgIpc) is 3.07. The third-order valence-electron chi connectivity index (χ3n) is 5.97. The number of carboxylic acids is 1. The number of rotatable bonds is 10. The lowest BCUT2D eigenvalue weighted by Gasteiger charge is -2.25. The number of aliphatic imine (C=N–C) groups is 1. The van der Waals surface area contributed by atoms with Crippen molar-refractivity contribution in [3.63, 3.8) is 0 Å². The van der Waals surface area contributed by atoms with Gasteiger partial charge in [0.25, 0.3) is 11.8 Å². The first-order chi connectivity index (χ1) is 19.3. The number of fused-ring (bicyclic) bond motifs is 1. The van der Waals surface area contributed by atoms with Crippen LogP contribution in [-0.4, -0.2) is 65.3 Å². The number of nitrogens with one attached hydrogen (secondary N) is 2. The molecule has 4 rings (SSSR count). The van der Waals surface area contributed by atoms with E-state index in [4.69, 9.17) is 5.11 Å². The molecule has 0 saturated heterocycles. The van der Waals surface area contributed by atoms with Crippen LogP contribution in [0.4, 0.5) is 5.69 Å².